The zero-order chi connectivity index (χ0) is 25.4. The summed E-state index contributed by atoms with van der Waals surface area (Å²) >= 11 is 5.99. The summed E-state index contributed by atoms with van der Waals surface area (Å²) in [6.07, 6.45) is 6.05. The lowest BCUT2D eigenvalue weighted by Gasteiger charge is -2.39. The molecule has 0 saturated heterocycles. The molecule has 3 aromatic heterocycles. The highest BCUT2D eigenvalue weighted by Crippen LogP contribution is 2.40. The quantitative estimate of drug-likeness (QED) is 0.493. The zero-order valence-electron chi connectivity index (χ0n) is 20.6. The number of fused-ring (bicyclic) bond motifs is 3. The molecule has 1 N–H and O–H groups in total. The molecule has 36 heavy (non-hydrogen) atoms. The number of carboxylic acid groups (broad SMARTS) is 1. The molecule has 4 heterocycles. The molecule has 0 aromatic carbocycles. The molecule has 2 aliphatic rings. The van der Waals surface area contributed by atoms with Gasteiger partial charge in [-0.05, 0) is 55.0 Å². The molecular weight excluding hydrogens is 480 g/mol. The number of ether oxygens (including phenoxy) is 1. The lowest BCUT2D eigenvalue weighted by atomic mass is 9.79. The Labute approximate surface area is 215 Å². The van der Waals surface area contributed by atoms with E-state index in [-0.39, 0.29) is 30.0 Å². The highest BCUT2D eigenvalue weighted by molar-refractivity contribution is 6.29. The minimum Gasteiger partial charge on any atom is -0.481 e. The first-order valence-corrected chi connectivity index (χ1v) is 12.8. The van der Waals surface area contributed by atoms with Gasteiger partial charge in [-0.2, -0.15) is 0 Å². The lowest BCUT2D eigenvalue weighted by molar-refractivity contribution is -0.146. The first-order valence-electron chi connectivity index (χ1n) is 12.4. The van der Waals surface area contributed by atoms with Gasteiger partial charge in [-0.15, -0.1) is 0 Å². The number of hydrogen-bond donors (Lipinski definition) is 1. The summed E-state index contributed by atoms with van der Waals surface area (Å²) in [7, 11) is 0. The Kier molecular flexibility index (Phi) is 6.74. The van der Waals surface area contributed by atoms with Gasteiger partial charge in [-0.25, -0.2) is 9.97 Å². The predicted molar refractivity (Wildman–Crippen MR) is 136 cm³/mol. The van der Waals surface area contributed by atoms with Crippen LogP contribution in [0.15, 0.2) is 36.7 Å². The summed E-state index contributed by atoms with van der Waals surface area (Å²) in [6.45, 7) is 5.98. The number of nitrogens with zero attached hydrogens (tertiary/aromatic N) is 4. The smallest absolute Gasteiger partial charge is 0.306 e. The van der Waals surface area contributed by atoms with E-state index in [1.54, 1.807) is 18.5 Å². The third-order valence-corrected chi connectivity index (χ3v) is 7.70. The van der Waals surface area contributed by atoms with E-state index in [9.17, 15) is 14.7 Å². The van der Waals surface area contributed by atoms with Gasteiger partial charge in [-0.1, -0.05) is 31.5 Å². The van der Waals surface area contributed by atoms with Crippen molar-refractivity contribution in [1.29, 1.82) is 0 Å². The molecule has 0 spiro atoms. The van der Waals surface area contributed by atoms with Crippen molar-refractivity contribution < 1.29 is 19.4 Å². The van der Waals surface area contributed by atoms with E-state index in [1.807, 2.05) is 17.0 Å². The summed E-state index contributed by atoms with van der Waals surface area (Å²) in [5, 5.41) is 10.8. The van der Waals surface area contributed by atoms with Crippen molar-refractivity contribution >= 4 is 34.5 Å². The summed E-state index contributed by atoms with van der Waals surface area (Å²) in [6, 6.07) is 7.80. The molecule has 3 aromatic rings. The largest absolute Gasteiger partial charge is 0.481 e. The van der Waals surface area contributed by atoms with Crippen LogP contribution in [0.5, 0.6) is 0 Å². The third kappa shape index (κ3) is 4.84. The number of pyridine rings is 2. The number of carbonyl (C=O) groups is 2. The zero-order valence-corrected chi connectivity index (χ0v) is 21.4. The van der Waals surface area contributed by atoms with Crippen LogP contribution in [0.3, 0.4) is 0 Å². The third-order valence-electron chi connectivity index (χ3n) is 7.48. The number of hydrogen-bond acceptors (Lipinski definition) is 5. The Balaban J connectivity index is 1.37. The van der Waals surface area contributed by atoms with Gasteiger partial charge in [-0.3, -0.25) is 9.59 Å². The van der Waals surface area contributed by atoms with E-state index in [2.05, 4.69) is 29.5 Å². The van der Waals surface area contributed by atoms with Gasteiger partial charge in [0, 0.05) is 35.4 Å². The number of aromatic nitrogens is 3. The molecule has 1 aliphatic heterocycles. The fourth-order valence-electron chi connectivity index (χ4n) is 5.72. The number of halogens is 1. The molecule has 0 bridgehead atoms. The molecular formula is C27H31ClN4O4. The molecule has 0 radical (unpaired) electrons. The van der Waals surface area contributed by atoms with Gasteiger partial charge in [0.2, 0.25) is 5.91 Å². The number of carboxylic acids is 1. The Hall–Kier alpha value is -2.97. The van der Waals surface area contributed by atoms with Gasteiger partial charge < -0.3 is 19.3 Å². The van der Waals surface area contributed by atoms with E-state index >= 15 is 0 Å². The SMILES string of the molecule is CC1(C)CN(C(=O)CO[C@H]2CC[C@H](C(=O)O)CC2)Cc2c1c1cccnc1n2Cc1ccc(Cl)nc1. The van der Waals surface area contributed by atoms with Gasteiger partial charge in [0.15, 0.2) is 0 Å². The number of amides is 1. The maximum absolute atomic E-state index is 13.3. The molecule has 8 nitrogen and oxygen atoms in total. The van der Waals surface area contributed by atoms with Gasteiger partial charge in [0.05, 0.1) is 25.1 Å². The molecule has 5 rings (SSSR count). The van der Waals surface area contributed by atoms with Gasteiger partial charge >= 0.3 is 5.97 Å². The Bertz CT molecular complexity index is 1280. The molecule has 1 saturated carbocycles. The van der Waals surface area contributed by atoms with Crippen molar-refractivity contribution in [2.24, 2.45) is 5.92 Å². The summed E-state index contributed by atoms with van der Waals surface area (Å²) < 4.78 is 8.14. The lowest BCUT2D eigenvalue weighted by Crippen LogP contribution is -2.47. The van der Waals surface area contributed by atoms with Crippen molar-refractivity contribution in [3.8, 4) is 0 Å². The van der Waals surface area contributed by atoms with Gasteiger partial charge in [0.25, 0.3) is 0 Å². The fourth-order valence-corrected chi connectivity index (χ4v) is 5.84. The average molecular weight is 511 g/mol. The normalized spacial score (nSPS) is 21.4. The standard InChI is InChI=1S/C27H31ClN4O4/c1-27(2)16-31(23(33)15-36-19-8-6-18(7-9-19)26(34)35)14-21-24(27)20-4-3-11-29-25(20)32(21)13-17-5-10-22(28)30-12-17/h3-5,10-12,18-19H,6-9,13-16H2,1-2H3,(H,34,35)/t18-,19-. The van der Waals surface area contributed by atoms with E-state index < -0.39 is 5.97 Å². The topological polar surface area (TPSA) is 97.5 Å². The molecule has 1 amide bonds. The molecule has 9 heteroatoms. The van der Waals surface area contributed by atoms with Crippen LogP contribution in [0.25, 0.3) is 11.0 Å². The van der Waals surface area contributed by atoms with Crippen molar-refractivity contribution in [2.75, 3.05) is 13.2 Å². The number of rotatable bonds is 6. The van der Waals surface area contributed by atoms with Crippen LogP contribution >= 0.6 is 11.6 Å². The Morgan fingerprint density at radius 3 is 2.64 bits per heavy atom. The predicted octanol–water partition coefficient (Wildman–Crippen LogP) is 4.41. The monoisotopic (exact) mass is 510 g/mol. The second-order valence-corrected chi connectivity index (χ2v) is 10.9. The first kappa shape index (κ1) is 24.7. The fraction of sp³-hybridized carbons (Fsp3) is 0.481. The Morgan fingerprint density at radius 1 is 1.17 bits per heavy atom. The highest BCUT2D eigenvalue weighted by Gasteiger charge is 2.39. The van der Waals surface area contributed by atoms with Crippen LogP contribution in [-0.2, 0) is 32.8 Å². The van der Waals surface area contributed by atoms with Crippen LogP contribution in [0.2, 0.25) is 5.15 Å². The number of carbonyl (C=O) groups excluding carboxylic acids is 1. The maximum Gasteiger partial charge on any atom is 0.306 e. The molecule has 0 atom stereocenters. The van der Waals surface area contributed by atoms with E-state index in [4.69, 9.17) is 21.3 Å². The van der Waals surface area contributed by atoms with E-state index in [0.717, 1.165) is 22.3 Å². The first-order chi connectivity index (χ1) is 17.2. The molecule has 1 aliphatic carbocycles. The Morgan fingerprint density at radius 2 is 1.94 bits per heavy atom. The minimum atomic E-state index is -0.741. The van der Waals surface area contributed by atoms with Crippen LogP contribution in [0, 0.1) is 5.92 Å². The minimum absolute atomic E-state index is 0.00734. The van der Waals surface area contributed by atoms with Crippen LogP contribution in [0.4, 0.5) is 0 Å². The average Bonchev–Trinajstić information content (AvgIpc) is 3.18. The molecule has 190 valence electrons. The van der Waals surface area contributed by atoms with E-state index in [0.29, 0.717) is 50.5 Å². The summed E-state index contributed by atoms with van der Waals surface area (Å²) in [5.41, 5.74) is 3.93. The van der Waals surface area contributed by atoms with Crippen molar-refractivity contribution in [3.63, 3.8) is 0 Å². The second-order valence-electron chi connectivity index (χ2n) is 10.5. The van der Waals surface area contributed by atoms with Crippen molar-refractivity contribution in [3.05, 3.63) is 58.6 Å². The van der Waals surface area contributed by atoms with Gasteiger partial charge in [0.1, 0.15) is 17.4 Å². The van der Waals surface area contributed by atoms with Crippen molar-refractivity contribution in [2.45, 2.75) is 64.1 Å². The van der Waals surface area contributed by atoms with Crippen LogP contribution in [0.1, 0.15) is 56.4 Å². The van der Waals surface area contributed by atoms with Crippen LogP contribution < -0.4 is 0 Å². The molecule has 0 unspecified atom stereocenters. The van der Waals surface area contributed by atoms with E-state index in [1.165, 1.54) is 5.56 Å². The van der Waals surface area contributed by atoms with Crippen molar-refractivity contribution in [1.82, 2.24) is 19.4 Å². The maximum atomic E-state index is 13.3. The molecule has 1 fully saturated rings. The van der Waals surface area contributed by atoms with Crippen LogP contribution in [-0.4, -0.2) is 55.7 Å². The second kappa shape index (κ2) is 9.82. The summed E-state index contributed by atoms with van der Waals surface area (Å²) in [4.78, 5) is 35.3. The highest BCUT2D eigenvalue weighted by atomic mass is 35.5. The number of aliphatic carboxylic acids is 1. The summed E-state index contributed by atoms with van der Waals surface area (Å²) in [5.74, 6) is -1.09.